The van der Waals surface area contributed by atoms with Crippen LogP contribution in [-0.2, 0) is 10.2 Å². The smallest absolute Gasteiger partial charge is 0.234 e. The number of hydrogen-bond donors (Lipinski definition) is 1. The normalized spacial score (nSPS) is 11.0. The van der Waals surface area contributed by atoms with E-state index in [1.807, 2.05) is 62.4 Å². The number of carbonyl (C=O) groups is 1. The Morgan fingerprint density at radius 1 is 1.10 bits per heavy atom. The topological polar surface area (TPSA) is 38.3 Å². The van der Waals surface area contributed by atoms with Crippen LogP contribution >= 0.6 is 15.9 Å². The standard InChI is InChI=1S/C17H18BrNO2/c1-17(2,12-8-10-13(18)11-9-12)16(20)19-14-6-4-5-7-15(14)21-3/h4-11H,1-3H3,(H,19,20). The van der Waals surface area contributed by atoms with Crippen LogP contribution in [0.15, 0.2) is 53.0 Å². The third-order valence-electron chi connectivity index (χ3n) is 3.49. The molecular formula is C17H18BrNO2. The number of para-hydroxylation sites is 2. The van der Waals surface area contributed by atoms with Crippen molar-refractivity contribution < 1.29 is 9.53 Å². The van der Waals surface area contributed by atoms with E-state index in [-0.39, 0.29) is 5.91 Å². The molecule has 0 unspecified atom stereocenters. The van der Waals surface area contributed by atoms with Crippen molar-refractivity contribution in [3.05, 3.63) is 58.6 Å². The first kappa shape index (κ1) is 15.6. The number of halogens is 1. The van der Waals surface area contributed by atoms with E-state index in [0.717, 1.165) is 10.0 Å². The Morgan fingerprint density at radius 2 is 1.71 bits per heavy atom. The highest BCUT2D eigenvalue weighted by Gasteiger charge is 2.30. The number of ether oxygens (including phenoxy) is 1. The summed E-state index contributed by atoms with van der Waals surface area (Å²) in [6.45, 7) is 3.81. The Bertz CT molecular complexity index is 635. The lowest BCUT2D eigenvalue weighted by Crippen LogP contribution is -2.34. The Balaban J connectivity index is 2.24. The molecular weight excluding hydrogens is 330 g/mol. The van der Waals surface area contributed by atoms with Gasteiger partial charge >= 0.3 is 0 Å². The minimum absolute atomic E-state index is 0.0747. The summed E-state index contributed by atoms with van der Waals surface area (Å²) in [6, 6.07) is 15.2. The van der Waals surface area contributed by atoms with Gasteiger partial charge in [-0.1, -0.05) is 40.2 Å². The summed E-state index contributed by atoms with van der Waals surface area (Å²) in [5.41, 5.74) is 0.995. The van der Waals surface area contributed by atoms with Crippen LogP contribution in [0.1, 0.15) is 19.4 Å². The zero-order chi connectivity index (χ0) is 15.5. The molecule has 0 fully saturated rings. The molecule has 4 heteroatoms. The van der Waals surface area contributed by atoms with Crippen LogP contribution in [0.4, 0.5) is 5.69 Å². The van der Waals surface area contributed by atoms with E-state index in [9.17, 15) is 4.79 Å². The van der Waals surface area contributed by atoms with Gasteiger partial charge in [0, 0.05) is 4.47 Å². The fourth-order valence-corrected chi connectivity index (χ4v) is 2.29. The highest BCUT2D eigenvalue weighted by Crippen LogP contribution is 2.29. The number of methoxy groups -OCH3 is 1. The Hall–Kier alpha value is -1.81. The van der Waals surface area contributed by atoms with E-state index in [1.165, 1.54) is 0 Å². The van der Waals surface area contributed by atoms with Crippen molar-refractivity contribution in [1.82, 2.24) is 0 Å². The molecule has 0 heterocycles. The van der Waals surface area contributed by atoms with Gasteiger partial charge < -0.3 is 10.1 Å². The van der Waals surface area contributed by atoms with Gasteiger partial charge in [0.15, 0.2) is 0 Å². The lowest BCUT2D eigenvalue weighted by Gasteiger charge is -2.24. The van der Waals surface area contributed by atoms with Crippen LogP contribution in [0, 0.1) is 0 Å². The van der Waals surface area contributed by atoms with E-state index in [1.54, 1.807) is 7.11 Å². The predicted molar refractivity (Wildman–Crippen MR) is 88.8 cm³/mol. The van der Waals surface area contributed by atoms with Crippen molar-refractivity contribution in [3.63, 3.8) is 0 Å². The zero-order valence-corrected chi connectivity index (χ0v) is 13.9. The molecule has 2 aromatic rings. The highest BCUT2D eigenvalue weighted by molar-refractivity contribution is 9.10. The second-order valence-electron chi connectivity index (χ2n) is 5.29. The molecule has 2 rings (SSSR count). The molecule has 0 saturated carbocycles. The average Bonchev–Trinajstić information content (AvgIpc) is 2.48. The highest BCUT2D eigenvalue weighted by atomic mass is 79.9. The average molecular weight is 348 g/mol. The predicted octanol–water partition coefficient (Wildman–Crippen LogP) is 4.37. The maximum absolute atomic E-state index is 12.6. The van der Waals surface area contributed by atoms with Crippen LogP contribution in [0.25, 0.3) is 0 Å². The van der Waals surface area contributed by atoms with Crippen molar-refractivity contribution in [1.29, 1.82) is 0 Å². The monoisotopic (exact) mass is 347 g/mol. The summed E-state index contributed by atoms with van der Waals surface area (Å²) in [5, 5.41) is 2.94. The fraction of sp³-hybridized carbons (Fsp3) is 0.235. The maximum Gasteiger partial charge on any atom is 0.234 e. The molecule has 2 aromatic carbocycles. The first-order valence-electron chi connectivity index (χ1n) is 6.65. The van der Waals surface area contributed by atoms with Crippen LogP contribution in [-0.4, -0.2) is 13.0 Å². The van der Waals surface area contributed by atoms with Crippen molar-refractivity contribution >= 4 is 27.5 Å². The van der Waals surface area contributed by atoms with Gasteiger partial charge in [-0.2, -0.15) is 0 Å². The number of hydrogen-bond acceptors (Lipinski definition) is 2. The van der Waals surface area contributed by atoms with Crippen molar-refractivity contribution in [3.8, 4) is 5.75 Å². The summed E-state index contributed by atoms with van der Waals surface area (Å²) in [7, 11) is 1.59. The zero-order valence-electron chi connectivity index (χ0n) is 12.3. The van der Waals surface area contributed by atoms with E-state index < -0.39 is 5.41 Å². The van der Waals surface area contributed by atoms with E-state index >= 15 is 0 Å². The molecule has 0 spiro atoms. The summed E-state index contributed by atoms with van der Waals surface area (Å²) >= 11 is 3.40. The number of anilines is 1. The number of nitrogens with one attached hydrogen (secondary N) is 1. The SMILES string of the molecule is COc1ccccc1NC(=O)C(C)(C)c1ccc(Br)cc1. The summed E-state index contributed by atoms with van der Waals surface area (Å²) in [5.74, 6) is 0.576. The Morgan fingerprint density at radius 3 is 2.33 bits per heavy atom. The molecule has 0 bridgehead atoms. The molecule has 0 aromatic heterocycles. The fourth-order valence-electron chi connectivity index (χ4n) is 2.02. The molecule has 1 amide bonds. The lowest BCUT2D eigenvalue weighted by molar-refractivity contribution is -0.120. The summed E-state index contributed by atoms with van der Waals surface area (Å²) in [4.78, 5) is 12.6. The van der Waals surface area contributed by atoms with Crippen LogP contribution in [0.5, 0.6) is 5.75 Å². The molecule has 0 saturated heterocycles. The third kappa shape index (κ3) is 3.45. The molecule has 110 valence electrons. The minimum atomic E-state index is -0.637. The molecule has 21 heavy (non-hydrogen) atoms. The molecule has 3 nitrogen and oxygen atoms in total. The van der Waals surface area contributed by atoms with Gasteiger partial charge in [-0.05, 0) is 43.7 Å². The van der Waals surface area contributed by atoms with Crippen LogP contribution < -0.4 is 10.1 Å². The lowest BCUT2D eigenvalue weighted by atomic mass is 9.83. The first-order chi connectivity index (χ1) is 9.95. The molecule has 0 aliphatic carbocycles. The largest absolute Gasteiger partial charge is 0.495 e. The third-order valence-corrected chi connectivity index (χ3v) is 4.02. The van der Waals surface area contributed by atoms with E-state index in [4.69, 9.17) is 4.74 Å². The van der Waals surface area contributed by atoms with Gasteiger partial charge in [0.2, 0.25) is 5.91 Å². The van der Waals surface area contributed by atoms with Gasteiger partial charge in [0.25, 0.3) is 0 Å². The second kappa shape index (κ2) is 6.31. The first-order valence-corrected chi connectivity index (χ1v) is 7.45. The van der Waals surface area contributed by atoms with Gasteiger partial charge in [-0.3, -0.25) is 4.79 Å². The second-order valence-corrected chi connectivity index (χ2v) is 6.20. The molecule has 0 aliphatic heterocycles. The number of benzene rings is 2. The molecule has 0 aliphatic rings. The van der Waals surface area contributed by atoms with Crippen molar-refractivity contribution in [2.45, 2.75) is 19.3 Å². The Kier molecular flexibility index (Phi) is 4.68. The molecule has 0 radical (unpaired) electrons. The number of amides is 1. The summed E-state index contributed by atoms with van der Waals surface area (Å²) < 4.78 is 6.25. The van der Waals surface area contributed by atoms with Crippen LogP contribution in [0.2, 0.25) is 0 Å². The van der Waals surface area contributed by atoms with E-state index in [2.05, 4.69) is 21.2 Å². The van der Waals surface area contributed by atoms with Gasteiger partial charge in [0.05, 0.1) is 18.2 Å². The van der Waals surface area contributed by atoms with E-state index in [0.29, 0.717) is 11.4 Å². The van der Waals surface area contributed by atoms with Crippen molar-refractivity contribution in [2.24, 2.45) is 0 Å². The molecule has 0 atom stereocenters. The maximum atomic E-state index is 12.6. The van der Waals surface area contributed by atoms with Crippen molar-refractivity contribution in [2.75, 3.05) is 12.4 Å². The minimum Gasteiger partial charge on any atom is -0.495 e. The molecule has 1 N–H and O–H groups in total. The van der Waals surface area contributed by atoms with Crippen LogP contribution in [0.3, 0.4) is 0 Å². The summed E-state index contributed by atoms with van der Waals surface area (Å²) in [6.07, 6.45) is 0. The Labute approximate surface area is 133 Å². The quantitative estimate of drug-likeness (QED) is 0.891. The number of carbonyl (C=O) groups excluding carboxylic acids is 1. The van der Waals surface area contributed by atoms with Gasteiger partial charge in [-0.25, -0.2) is 0 Å². The number of rotatable bonds is 4. The van der Waals surface area contributed by atoms with Gasteiger partial charge in [0.1, 0.15) is 5.75 Å². The van der Waals surface area contributed by atoms with Gasteiger partial charge in [-0.15, -0.1) is 0 Å².